The monoisotopic (exact) mass is 134 g/mol. The molecule has 2 heteroatoms. The minimum Gasteiger partial charge on any atom is -0.266 e. The van der Waals surface area contributed by atoms with E-state index in [0.29, 0.717) is 0 Å². The largest absolute Gasteiger partial charge is 0.266 e. The Kier molecular flexibility index (Phi) is 2.15. The molecule has 0 aliphatic carbocycles. The number of amidine groups is 1. The molecule has 0 spiro atoms. The van der Waals surface area contributed by atoms with Gasteiger partial charge in [0.15, 0.2) is 5.84 Å². The molecule has 0 aromatic rings. The molecule has 0 bridgehead atoms. The molecule has 0 unspecified atom stereocenters. The van der Waals surface area contributed by atoms with Gasteiger partial charge in [0.25, 0.3) is 0 Å². The summed E-state index contributed by atoms with van der Waals surface area (Å²) in [5.41, 5.74) is 1.00. The average Bonchev–Trinajstić information content (AvgIpc) is 2.04. The molecule has 10 heavy (non-hydrogen) atoms. The summed E-state index contributed by atoms with van der Waals surface area (Å²) in [7, 11) is 0. The molecule has 0 aromatic heterocycles. The number of hydrogen-bond donors (Lipinski definition) is 0. The summed E-state index contributed by atoms with van der Waals surface area (Å²) in [6, 6.07) is 0. The van der Waals surface area contributed by atoms with Crippen LogP contribution < -0.4 is 0 Å². The van der Waals surface area contributed by atoms with E-state index in [1.807, 2.05) is 0 Å². The van der Waals surface area contributed by atoms with Gasteiger partial charge < -0.3 is 0 Å². The first-order valence-corrected chi connectivity index (χ1v) is 3.22. The molecule has 1 heterocycles. The van der Waals surface area contributed by atoms with Crippen molar-refractivity contribution in [2.75, 3.05) is 6.54 Å². The lowest BCUT2D eigenvalue weighted by atomic mass is 10.1. The van der Waals surface area contributed by atoms with Crippen molar-refractivity contribution in [2.24, 2.45) is 9.98 Å². The fourth-order valence-electron chi connectivity index (χ4n) is 0.889. The molecule has 0 aromatic carbocycles. The fourth-order valence-corrected chi connectivity index (χ4v) is 0.889. The van der Waals surface area contributed by atoms with Crippen molar-refractivity contribution in [3.63, 3.8) is 0 Å². The molecule has 0 atom stereocenters. The van der Waals surface area contributed by atoms with Crippen molar-refractivity contribution >= 4 is 12.6 Å². The summed E-state index contributed by atoms with van der Waals surface area (Å²) in [5, 5.41) is 0. The summed E-state index contributed by atoms with van der Waals surface area (Å²) in [5.74, 6) is 0.723. The summed E-state index contributed by atoms with van der Waals surface area (Å²) in [6.07, 6.45) is 4.82. The number of rotatable bonds is 1. The number of aliphatic imine (C=N–C) groups is 2. The van der Waals surface area contributed by atoms with Gasteiger partial charge in [-0.05, 0) is 13.1 Å². The topological polar surface area (TPSA) is 24.7 Å². The molecule has 0 amide bonds. The molecule has 0 radical (unpaired) electrons. The highest BCUT2D eigenvalue weighted by molar-refractivity contribution is 6.03. The predicted molar refractivity (Wildman–Crippen MR) is 44.7 cm³/mol. The van der Waals surface area contributed by atoms with Gasteiger partial charge in [-0.1, -0.05) is 18.7 Å². The van der Waals surface area contributed by atoms with Gasteiger partial charge in [0, 0.05) is 12.1 Å². The lowest BCUT2D eigenvalue weighted by Crippen LogP contribution is -2.02. The third-order valence-electron chi connectivity index (χ3n) is 1.38. The van der Waals surface area contributed by atoms with Gasteiger partial charge in [0.2, 0.25) is 0 Å². The molecular formula is C8H10N2. The van der Waals surface area contributed by atoms with Crippen molar-refractivity contribution in [1.29, 1.82) is 0 Å². The minimum absolute atomic E-state index is 0.723. The maximum atomic E-state index is 4.15. The van der Waals surface area contributed by atoms with Crippen molar-refractivity contribution in [1.82, 2.24) is 0 Å². The molecule has 0 N–H and O–H groups in total. The van der Waals surface area contributed by atoms with Crippen LogP contribution in [0.4, 0.5) is 0 Å². The Balaban J connectivity index is 2.86. The summed E-state index contributed by atoms with van der Waals surface area (Å²) in [6.45, 7) is 7.88. The fraction of sp³-hybridized carbons (Fsp3) is 0.250. The molecule has 0 saturated heterocycles. The van der Waals surface area contributed by atoms with Gasteiger partial charge in [-0.15, -0.1) is 0 Å². The van der Waals surface area contributed by atoms with Crippen LogP contribution in [0.25, 0.3) is 0 Å². The first-order chi connectivity index (χ1) is 4.88. The zero-order valence-corrected chi connectivity index (χ0v) is 5.88. The minimum atomic E-state index is 0.723. The van der Waals surface area contributed by atoms with Crippen LogP contribution >= 0.6 is 0 Å². The second-order valence-electron chi connectivity index (χ2n) is 2.02. The van der Waals surface area contributed by atoms with Gasteiger partial charge in [-0.25, -0.2) is 4.99 Å². The van der Waals surface area contributed by atoms with Crippen LogP contribution in [0.3, 0.4) is 0 Å². The van der Waals surface area contributed by atoms with E-state index in [0.717, 1.165) is 24.4 Å². The van der Waals surface area contributed by atoms with Gasteiger partial charge in [-0.3, -0.25) is 4.99 Å². The first-order valence-electron chi connectivity index (χ1n) is 3.22. The van der Waals surface area contributed by atoms with Crippen LogP contribution in [-0.4, -0.2) is 19.1 Å². The van der Waals surface area contributed by atoms with E-state index < -0.39 is 0 Å². The Labute approximate surface area is 60.7 Å². The molecule has 0 fully saturated rings. The molecule has 0 saturated carbocycles. The Hall–Kier alpha value is -1.18. The number of dihydropyridines is 1. The Bertz CT molecular complexity index is 187. The van der Waals surface area contributed by atoms with E-state index >= 15 is 0 Å². The smallest absolute Gasteiger partial charge is 0.153 e. The number of nitrogens with zero attached hydrogens (tertiary/aromatic N) is 2. The second-order valence-corrected chi connectivity index (χ2v) is 2.02. The molecular weight excluding hydrogens is 124 g/mol. The molecule has 52 valence electrons. The highest BCUT2D eigenvalue weighted by Crippen LogP contribution is 2.08. The van der Waals surface area contributed by atoms with Crippen molar-refractivity contribution in [3.8, 4) is 0 Å². The molecule has 2 nitrogen and oxygen atoms in total. The maximum absolute atomic E-state index is 4.15. The summed E-state index contributed by atoms with van der Waals surface area (Å²) in [4.78, 5) is 7.91. The Morgan fingerprint density at radius 3 is 3.00 bits per heavy atom. The predicted octanol–water partition coefficient (Wildman–Crippen LogP) is 1.60. The summed E-state index contributed by atoms with van der Waals surface area (Å²) >= 11 is 0. The number of hydrogen-bond acceptors (Lipinski definition) is 2. The molecule has 1 aliphatic rings. The van der Waals surface area contributed by atoms with Crippen molar-refractivity contribution in [2.45, 2.75) is 6.42 Å². The van der Waals surface area contributed by atoms with Crippen LogP contribution in [0, 0.1) is 0 Å². The zero-order chi connectivity index (χ0) is 7.40. The van der Waals surface area contributed by atoms with Gasteiger partial charge in [-0.2, -0.15) is 0 Å². The van der Waals surface area contributed by atoms with Gasteiger partial charge in [0.1, 0.15) is 0 Å². The van der Waals surface area contributed by atoms with Crippen molar-refractivity contribution in [3.05, 3.63) is 24.3 Å². The van der Waals surface area contributed by atoms with Gasteiger partial charge >= 0.3 is 0 Å². The van der Waals surface area contributed by atoms with Crippen LogP contribution in [0.15, 0.2) is 34.3 Å². The first kappa shape index (κ1) is 6.93. The van der Waals surface area contributed by atoms with Crippen molar-refractivity contribution < 1.29 is 0 Å². The third-order valence-corrected chi connectivity index (χ3v) is 1.38. The van der Waals surface area contributed by atoms with Crippen LogP contribution in [0.5, 0.6) is 0 Å². The van der Waals surface area contributed by atoms with E-state index in [1.165, 1.54) is 0 Å². The lowest BCUT2D eigenvalue weighted by Gasteiger charge is -2.05. The Morgan fingerprint density at radius 1 is 1.70 bits per heavy atom. The van der Waals surface area contributed by atoms with Crippen LogP contribution in [0.2, 0.25) is 0 Å². The summed E-state index contributed by atoms with van der Waals surface area (Å²) < 4.78 is 0. The van der Waals surface area contributed by atoms with Crippen LogP contribution in [0.1, 0.15) is 6.42 Å². The second kappa shape index (κ2) is 3.11. The standard InChI is InChI=1S/C8H10N2/c1-3-7-5-4-6-10-8(7)9-2/h3,5H,1-2,4,6H2. The SMILES string of the molecule is C=CC1=CCCN=C1N=C. The average molecular weight is 134 g/mol. The lowest BCUT2D eigenvalue weighted by molar-refractivity contribution is 0.981. The molecule has 1 rings (SSSR count). The van der Waals surface area contributed by atoms with Crippen LogP contribution in [-0.2, 0) is 0 Å². The maximum Gasteiger partial charge on any atom is 0.153 e. The quantitative estimate of drug-likeness (QED) is 0.487. The van der Waals surface area contributed by atoms with Gasteiger partial charge in [0.05, 0.1) is 0 Å². The molecule has 1 aliphatic heterocycles. The van der Waals surface area contributed by atoms with E-state index in [-0.39, 0.29) is 0 Å². The zero-order valence-electron chi connectivity index (χ0n) is 5.88. The Morgan fingerprint density at radius 2 is 2.50 bits per heavy atom. The van der Waals surface area contributed by atoms with E-state index in [4.69, 9.17) is 0 Å². The van der Waals surface area contributed by atoms with E-state index in [1.54, 1.807) is 6.08 Å². The highest BCUT2D eigenvalue weighted by Gasteiger charge is 2.03. The van der Waals surface area contributed by atoms with E-state index in [9.17, 15) is 0 Å². The van der Waals surface area contributed by atoms with E-state index in [2.05, 4.69) is 29.4 Å². The third kappa shape index (κ3) is 1.21. The highest BCUT2D eigenvalue weighted by atomic mass is 14.9. The normalized spacial score (nSPS) is 17.2.